The van der Waals surface area contributed by atoms with Crippen LogP contribution in [0, 0.1) is 0 Å². The van der Waals surface area contributed by atoms with E-state index in [0.717, 1.165) is 19.6 Å². The van der Waals surface area contributed by atoms with Crippen molar-refractivity contribution in [3.05, 3.63) is 70.8 Å². The third-order valence-electron chi connectivity index (χ3n) is 5.60. The summed E-state index contributed by atoms with van der Waals surface area (Å²) >= 11 is 0. The summed E-state index contributed by atoms with van der Waals surface area (Å²) in [6, 6.07) is 17.3. The second-order valence-electron chi connectivity index (χ2n) is 8.31. The summed E-state index contributed by atoms with van der Waals surface area (Å²) in [7, 11) is 2.13. The Hall–Kier alpha value is -2.17. The van der Waals surface area contributed by atoms with Crippen molar-refractivity contribution in [3.63, 3.8) is 0 Å². The molecule has 4 nitrogen and oxygen atoms in total. The highest BCUT2D eigenvalue weighted by Crippen LogP contribution is 2.14. The summed E-state index contributed by atoms with van der Waals surface area (Å²) in [6.07, 6.45) is 0. The lowest BCUT2D eigenvalue weighted by atomic mass is 10.1. The largest absolute Gasteiger partial charge is 0.348 e. The van der Waals surface area contributed by atoms with Crippen LogP contribution in [0.3, 0.4) is 0 Å². The standard InChI is InChI=1S/C25H37N3O/c1-7-28(20(4)5)17-21-12-14-22(15-13-21)25(29)26-16-23-10-8-9-11-24(23)18-27(6)19(2)3/h8-15,19-20H,7,16-18H2,1-6H3,(H,26,29). The van der Waals surface area contributed by atoms with Crippen molar-refractivity contribution in [1.29, 1.82) is 0 Å². The molecule has 2 aromatic carbocycles. The number of nitrogens with zero attached hydrogens (tertiary/aromatic N) is 2. The van der Waals surface area contributed by atoms with E-state index in [1.165, 1.54) is 16.7 Å². The van der Waals surface area contributed by atoms with E-state index in [1.807, 2.05) is 18.2 Å². The molecule has 4 heteroatoms. The van der Waals surface area contributed by atoms with Crippen molar-refractivity contribution >= 4 is 5.91 Å². The molecule has 0 aliphatic rings. The van der Waals surface area contributed by atoms with Gasteiger partial charge in [-0.15, -0.1) is 0 Å². The van der Waals surface area contributed by atoms with Gasteiger partial charge in [-0.1, -0.05) is 43.3 Å². The maximum atomic E-state index is 12.6. The first kappa shape index (κ1) is 23.1. The van der Waals surface area contributed by atoms with E-state index in [1.54, 1.807) is 0 Å². The zero-order valence-electron chi connectivity index (χ0n) is 18.9. The van der Waals surface area contributed by atoms with Gasteiger partial charge in [0.05, 0.1) is 0 Å². The number of carbonyl (C=O) groups is 1. The Labute approximate surface area is 176 Å². The van der Waals surface area contributed by atoms with Gasteiger partial charge in [0.1, 0.15) is 0 Å². The predicted octanol–water partition coefficient (Wildman–Crippen LogP) is 4.69. The molecule has 0 fully saturated rings. The zero-order chi connectivity index (χ0) is 21.4. The Kier molecular flexibility index (Phi) is 8.87. The fraction of sp³-hybridized carbons (Fsp3) is 0.480. The highest BCUT2D eigenvalue weighted by Gasteiger charge is 2.11. The van der Waals surface area contributed by atoms with Gasteiger partial charge in [-0.3, -0.25) is 14.6 Å². The summed E-state index contributed by atoms with van der Waals surface area (Å²) in [5, 5.41) is 3.08. The lowest BCUT2D eigenvalue weighted by molar-refractivity contribution is 0.0950. The topological polar surface area (TPSA) is 35.6 Å². The molecule has 0 heterocycles. The third kappa shape index (κ3) is 6.98. The van der Waals surface area contributed by atoms with Gasteiger partial charge < -0.3 is 5.32 Å². The SMILES string of the molecule is CCN(Cc1ccc(C(=O)NCc2ccccc2CN(C)C(C)C)cc1)C(C)C. The Balaban J connectivity index is 1.98. The minimum Gasteiger partial charge on any atom is -0.348 e. The van der Waals surface area contributed by atoms with Crippen LogP contribution in [0.4, 0.5) is 0 Å². The molecule has 0 saturated carbocycles. The maximum absolute atomic E-state index is 12.6. The van der Waals surface area contributed by atoms with E-state index >= 15 is 0 Å². The molecule has 29 heavy (non-hydrogen) atoms. The number of hydrogen-bond donors (Lipinski definition) is 1. The summed E-state index contributed by atoms with van der Waals surface area (Å²) < 4.78 is 0. The van der Waals surface area contributed by atoms with Gasteiger partial charge in [0.2, 0.25) is 0 Å². The van der Waals surface area contributed by atoms with E-state index in [-0.39, 0.29) is 5.91 Å². The minimum absolute atomic E-state index is 0.0280. The fourth-order valence-electron chi connectivity index (χ4n) is 3.27. The Bertz CT molecular complexity index is 768. The van der Waals surface area contributed by atoms with Gasteiger partial charge in [-0.2, -0.15) is 0 Å². The Morgan fingerprint density at radius 1 is 0.897 bits per heavy atom. The van der Waals surface area contributed by atoms with Crippen LogP contribution in [0.15, 0.2) is 48.5 Å². The van der Waals surface area contributed by atoms with E-state index in [9.17, 15) is 4.79 Å². The van der Waals surface area contributed by atoms with Crippen molar-refractivity contribution in [3.8, 4) is 0 Å². The normalized spacial score (nSPS) is 11.7. The van der Waals surface area contributed by atoms with Gasteiger partial charge in [-0.25, -0.2) is 0 Å². The molecular weight excluding hydrogens is 358 g/mol. The summed E-state index contributed by atoms with van der Waals surface area (Å²) in [6.45, 7) is 14.3. The molecule has 158 valence electrons. The average molecular weight is 396 g/mol. The molecule has 0 atom stereocenters. The van der Waals surface area contributed by atoms with Gasteiger partial charge in [0, 0.05) is 37.3 Å². The summed E-state index contributed by atoms with van der Waals surface area (Å²) in [5.74, 6) is -0.0280. The molecule has 0 saturated heterocycles. The first-order chi connectivity index (χ1) is 13.8. The van der Waals surface area contributed by atoms with Crippen molar-refractivity contribution in [2.45, 2.75) is 66.3 Å². The van der Waals surface area contributed by atoms with E-state index in [4.69, 9.17) is 0 Å². The second kappa shape index (κ2) is 11.1. The van der Waals surface area contributed by atoms with Crippen LogP contribution in [0.5, 0.6) is 0 Å². The van der Waals surface area contributed by atoms with Crippen molar-refractivity contribution in [1.82, 2.24) is 15.1 Å². The van der Waals surface area contributed by atoms with Crippen molar-refractivity contribution < 1.29 is 4.79 Å². The van der Waals surface area contributed by atoms with Crippen LogP contribution < -0.4 is 5.32 Å². The minimum atomic E-state index is -0.0280. The number of benzene rings is 2. The highest BCUT2D eigenvalue weighted by atomic mass is 16.1. The zero-order valence-corrected chi connectivity index (χ0v) is 18.9. The maximum Gasteiger partial charge on any atom is 0.251 e. The smallest absolute Gasteiger partial charge is 0.251 e. The van der Waals surface area contributed by atoms with Gasteiger partial charge in [0.25, 0.3) is 5.91 Å². The van der Waals surface area contributed by atoms with Gasteiger partial charge >= 0.3 is 0 Å². The molecule has 1 amide bonds. The van der Waals surface area contributed by atoms with Crippen molar-refractivity contribution in [2.24, 2.45) is 0 Å². The average Bonchev–Trinajstić information content (AvgIpc) is 2.71. The van der Waals surface area contributed by atoms with Crippen molar-refractivity contribution in [2.75, 3.05) is 13.6 Å². The number of rotatable bonds is 10. The first-order valence-corrected chi connectivity index (χ1v) is 10.7. The molecule has 0 aromatic heterocycles. The van der Waals surface area contributed by atoms with E-state index < -0.39 is 0 Å². The third-order valence-corrected chi connectivity index (χ3v) is 5.60. The van der Waals surface area contributed by atoms with Crippen LogP contribution in [0.2, 0.25) is 0 Å². The fourth-order valence-corrected chi connectivity index (χ4v) is 3.27. The van der Waals surface area contributed by atoms with Crippen LogP contribution in [0.1, 0.15) is 61.7 Å². The second-order valence-corrected chi connectivity index (χ2v) is 8.31. The molecular formula is C25H37N3O. The van der Waals surface area contributed by atoms with Crippen LogP contribution in [0.25, 0.3) is 0 Å². The molecule has 1 N–H and O–H groups in total. The number of nitrogens with one attached hydrogen (secondary N) is 1. The van der Waals surface area contributed by atoms with Gasteiger partial charge in [-0.05, 0) is 70.1 Å². The predicted molar refractivity (Wildman–Crippen MR) is 122 cm³/mol. The lowest BCUT2D eigenvalue weighted by Crippen LogP contribution is -2.30. The molecule has 2 rings (SSSR count). The van der Waals surface area contributed by atoms with Crippen LogP contribution >= 0.6 is 0 Å². The highest BCUT2D eigenvalue weighted by molar-refractivity contribution is 5.94. The summed E-state index contributed by atoms with van der Waals surface area (Å²) in [4.78, 5) is 17.3. The molecule has 0 unspecified atom stereocenters. The molecule has 0 bridgehead atoms. The number of amides is 1. The molecule has 0 spiro atoms. The van der Waals surface area contributed by atoms with E-state index in [2.05, 4.69) is 87.1 Å². The van der Waals surface area contributed by atoms with Gasteiger partial charge in [0.15, 0.2) is 0 Å². The summed E-state index contributed by atoms with van der Waals surface area (Å²) in [5.41, 5.74) is 4.37. The number of hydrogen-bond acceptors (Lipinski definition) is 3. The number of carbonyl (C=O) groups excluding carboxylic acids is 1. The Morgan fingerprint density at radius 2 is 1.52 bits per heavy atom. The molecule has 0 aliphatic carbocycles. The quantitative estimate of drug-likeness (QED) is 0.634. The molecule has 0 aliphatic heterocycles. The first-order valence-electron chi connectivity index (χ1n) is 10.7. The van der Waals surface area contributed by atoms with E-state index in [0.29, 0.717) is 24.2 Å². The molecule has 2 aromatic rings. The van der Waals surface area contributed by atoms with Crippen LogP contribution in [-0.2, 0) is 19.6 Å². The molecule has 0 radical (unpaired) electrons. The Morgan fingerprint density at radius 3 is 2.07 bits per heavy atom. The lowest BCUT2D eigenvalue weighted by Gasteiger charge is -2.24. The van der Waals surface area contributed by atoms with Crippen LogP contribution in [-0.4, -0.2) is 41.4 Å². The monoisotopic (exact) mass is 395 g/mol.